The van der Waals surface area contributed by atoms with Gasteiger partial charge >= 0.3 is 0 Å². The summed E-state index contributed by atoms with van der Waals surface area (Å²) >= 11 is 0. The number of Topliss-reactive ketones (excluding diaryl/α,β-unsaturated/α-hetero) is 2. The van der Waals surface area contributed by atoms with Crippen molar-refractivity contribution in [1.82, 2.24) is 4.90 Å². The molecule has 2 aliphatic heterocycles. The summed E-state index contributed by atoms with van der Waals surface area (Å²) in [6.45, 7) is 0.0948. The number of fused-ring (bicyclic) bond motifs is 5. The second-order valence-electron chi connectivity index (χ2n) is 12.8. The molecule has 1 fully saturated rings. The normalized spacial score (nSPS) is 25.3. The molecule has 0 radical (unpaired) electrons. The molecule has 13 heteroatoms. The van der Waals surface area contributed by atoms with Crippen LogP contribution < -0.4 is 24.7 Å². The minimum atomic E-state index is -2.74. The maximum absolute atomic E-state index is 14.4. The largest absolute Gasteiger partial charge is 0.508 e. The van der Waals surface area contributed by atoms with Crippen LogP contribution in [0, 0.1) is 11.8 Å². The first-order valence-corrected chi connectivity index (χ1v) is 15.3. The molecular formula is C35H30N2O11. The van der Waals surface area contributed by atoms with Crippen molar-refractivity contribution in [2.75, 3.05) is 27.7 Å². The molecule has 0 spiro atoms. The third kappa shape index (κ3) is 3.94. The number of hydrogen-bond acceptors (Lipinski definition) is 12. The number of ketones is 2. The summed E-state index contributed by atoms with van der Waals surface area (Å²) in [5.74, 6) is -5.12. The molecule has 3 aliphatic carbocycles. The van der Waals surface area contributed by atoms with Crippen molar-refractivity contribution in [3.63, 3.8) is 0 Å². The fourth-order valence-corrected chi connectivity index (χ4v) is 7.92. The Labute approximate surface area is 273 Å². The Kier molecular flexibility index (Phi) is 6.36. The van der Waals surface area contributed by atoms with Gasteiger partial charge in [0.05, 0.1) is 11.6 Å². The second-order valence-corrected chi connectivity index (χ2v) is 12.8. The summed E-state index contributed by atoms with van der Waals surface area (Å²) in [6, 6.07) is 11.1. The smallest absolute Gasteiger partial charge is 0.255 e. The number of nitrogens with zero attached hydrogens (tertiary/aromatic N) is 1. The van der Waals surface area contributed by atoms with Gasteiger partial charge in [0.2, 0.25) is 19.4 Å². The first-order valence-electron chi connectivity index (χ1n) is 15.3. The van der Waals surface area contributed by atoms with Gasteiger partial charge in [-0.3, -0.25) is 19.3 Å². The van der Waals surface area contributed by atoms with Gasteiger partial charge in [-0.15, -0.1) is 0 Å². The van der Waals surface area contributed by atoms with E-state index < -0.39 is 58.0 Å². The molecule has 246 valence electrons. The van der Waals surface area contributed by atoms with E-state index in [0.29, 0.717) is 50.8 Å². The third-order valence-electron chi connectivity index (χ3n) is 10.1. The number of nitrogens with two attached hydrogens (primary N) is 1. The van der Waals surface area contributed by atoms with Crippen molar-refractivity contribution in [2.45, 2.75) is 24.5 Å². The van der Waals surface area contributed by atoms with Gasteiger partial charge in [0.15, 0.2) is 34.4 Å². The molecular weight excluding hydrogens is 624 g/mol. The fourth-order valence-electron chi connectivity index (χ4n) is 7.92. The number of ether oxygens (including phenoxy) is 4. The summed E-state index contributed by atoms with van der Waals surface area (Å²) in [4.78, 5) is 41.6. The first kappa shape index (κ1) is 29.8. The second kappa shape index (κ2) is 10.2. The fraction of sp³-hybridized carbons (Fsp3) is 0.286. The van der Waals surface area contributed by atoms with Crippen molar-refractivity contribution < 1.29 is 53.8 Å². The highest BCUT2D eigenvalue weighted by atomic mass is 16.7. The number of primary amides is 1. The zero-order valence-corrected chi connectivity index (χ0v) is 25.8. The van der Waals surface area contributed by atoms with Crippen molar-refractivity contribution in [3.8, 4) is 51.0 Å². The van der Waals surface area contributed by atoms with Gasteiger partial charge in [0.25, 0.3) is 5.91 Å². The third-order valence-corrected chi connectivity index (χ3v) is 10.1. The Morgan fingerprint density at radius 3 is 2.04 bits per heavy atom. The Hall–Kier alpha value is -5.53. The maximum Gasteiger partial charge on any atom is 0.255 e. The van der Waals surface area contributed by atoms with Crippen molar-refractivity contribution in [1.29, 1.82) is 0 Å². The molecule has 2 heterocycles. The summed E-state index contributed by atoms with van der Waals surface area (Å²) in [6.07, 6.45) is 0.0876. The van der Waals surface area contributed by atoms with E-state index in [1.165, 1.54) is 4.90 Å². The molecule has 48 heavy (non-hydrogen) atoms. The standard InChI is InChI=1S/C35H30N2O11/c1-37(2)28-20-8-16-7-19-17(14-3-5-21-23(9-14)47-12-45-21)11-18(15-4-6-22-24(10-15)48-13-46-22)29(38)26(19)30(39)25(16)32(41)35(20,44)33(42)27(31(28)40)34(36)43/h3-6,9-11,16,20,28,38-39,42,44H,7-8,12-13H2,1-2H3,(H2,36,43). The minimum absolute atomic E-state index is 0.0307. The predicted molar refractivity (Wildman–Crippen MR) is 167 cm³/mol. The first-order chi connectivity index (χ1) is 22.9. The van der Waals surface area contributed by atoms with E-state index in [9.17, 15) is 34.8 Å². The van der Waals surface area contributed by atoms with Gasteiger partial charge in [-0.2, -0.15) is 0 Å². The van der Waals surface area contributed by atoms with Gasteiger partial charge in [0.1, 0.15) is 22.8 Å². The van der Waals surface area contributed by atoms with Gasteiger partial charge in [0, 0.05) is 17.1 Å². The molecule has 4 atom stereocenters. The summed E-state index contributed by atoms with van der Waals surface area (Å²) in [5.41, 5.74) is 4.21. The van der Waals surface area contributed by atoms with Crippen LogP contribution in [0.1, 0.15) is 17.5 Å². The summed E-state index contributed by atoms with van der Waals surface area (Å²) in [7, 11) is 3.11. The summed E-state index contributed by atoms with van der Waals surface area (Å²) in [5, 5.41) is 47.0. The highest BCUT2D eigenvalue weighted by molar-refractivity contribution is 6.24. The number of aliphatic hydroxyl groups is 3. The number of benzene rings is 3. The van der Waals surface area contributed by atoms with Crippen LogP contribution in [0.2, 0.25) is 0 Å². The average molecular weight is 655 g/mol. The SMILES string of the molecule is CN(C)C1C(=O)C(C(N)=O)=C(O)C2(O)C(=O)C3=C(O)c4c(O)c(-c5ccc6c(c5)OCO6)cc(-c5ccc6c(c5)OCO6)c4CC3CC12. The zero-order valence-electron chi connectivity index (χ0n) is 25.8. The molecule has 4 unspecified atom stereocenters. The van der Waals surface area contributed by atoms with Gasteiger partial charge in [-0.1, -0.05) is 12.1 Å². The molecule has 1 saturated carbocycles. The number of hydrogen-bond donors (Lipinski definition) is 5. The minimum Gasteiger partial charge on any atom is -0.508 e. The molecule has 13 nitrogen and oxygen atoms in total. The van der Waals surface area contributed by atoms with Crippen LogP contribution in [0.25, 0.3) is 28.0 Å². The lowest BCUT2D eigenvalue weighted by molar-refractivity contribution is -0.153. The van der Waals surface area contributed by atoms with Crippen LogP contribution in [0.4, 0.5) is 0 Å². The number of likely N-dealkylation sites (N-methyl/N-ethyl adjacent to an activating group) is 1. The van der Waals surface area contributed by atoms with Crippen LogP contribution in [0.5, 0.6) is 28.7 Å². The highest BCUT2D eigenvalue weighted by Gasteiger charge is 2.64. The van der Waals surface area contributed by atoms with Crippen LogP contribution >= 0.6 is 0 Å². The number of phenols is 1. The van der Waals surface area contributed by atoms with Gasteiger partial charge in [-0.25, -0.2) is 0 Å². The predicted octanol–water partition coefficient (Wildman–Crippen LogP) is 2.76. The van der Waals surface area contributed by atoms with E-state index >= 15 is 0 Å². The lowest BCUT2D eigenvalue weighted by atomic mass is 9.57. The van der Waals surface area contributed by atoms with E-state index in [2.05, 4.69) is 0 Å². The van der Waals surface area contributed by atoms with E-state index in [4.69, 9.17) is 24.7 Å². The van der Waals surface area contributed by atoms with Crippen LogP contribution in [0.15, 0.2) is 59.4 Å². The van der Waals surface area contributed by atoms with Crippen molar-refractivity contribution >= 4 is 23.2 Å². The van der Waals surface area contributed by atoms with E-state index in [0.717, 1.165) is 0 Å². The van der Waals surface area contributed by atoms with E-state index in [1.54, 1.807) is 50.5 Å². The topological polar surface area (TPSA) is 198 Å². The Bertz CT molecular complexity index is 2070. The number of rotatable bonds is 4. The molecule has 1 amide bonds. The van der Waals surface area contributed by atoms with Crippen molar-refractivity contribution in [3.05, 3.63) is 70.5 Å². The molecule has 8 rings (SSSR count). The Balaban J connectivity index is 1.37. The molecule has 3 aromatic carbocycles. The molecule has 0 aromatic heterocycles. The molecule has 3 aromatic rings. The Morgan fingerprint density at radius 2 is 1.46 bits per heavy atom. The Morgan fingerprint density at radius 1 is 0.875 bits per heavy atom. The number of aliphatic hydroxyl groups excluding tert-OH is 2. The average Bonchev–Trinajstić information content (AvgIpc) is 3.71. The van der Waals surface area contributed by atoms with Crippen LogP contribution in [0.3, 0.4) is 0 Å². The summed E-state index contributed by atoms with van der Waals surface area (Å²) < 4.78 is 22.1. The lowest BCUT2D eigenvalue weighted by Gasteiger charge is -2.50. The molecule has 0 saturated heterocycles. The number of carbonyl (C=O) groups excluding carboxylic acids is 3. The monoisotopic (exact) mass is 654 g/mol. The van der Waals surface area contributed by atoms with Crippen LogP contribution in [-0.2, 0) is 20.8 Å². The molecule has 6 N–H and O–H groups in total. The quantitative estimate of drug-likeness (QED) is 0.258. The lowest BCUT2D eigenvalue weighted by Crippen LogP contribution is -2.65. The number of carbonyl (C=O) groups is 3. The van der Waals surface area contributed by atoms with Gasteiger partial charge in [-0.05, 0) is 85.4 Å². The number of amides is 1. The molecule has 0 bridgehead atoms. The maximum atomic E-state index is 14.4. The molecule has 5 aliphatic rings. The van der Waals surface area contributed by atoms with Gasteiger partial charge < -0.3 is 45.1 Å². The highest BCUT2D eigenvalue weighted by Crippen LogP contribution is 2.55. The number of aromatic hydroxyl groups is 1. The van der Waals surface area contributed by atoms with E-state index in [-0.39, 0.29) is 43.3 Å². The van der Waals surface area contributed by atoms with Crippen molar-refractivity contribution in [2.24, 2.45) is 17.6 Å². The van der Waals surface area contributed by atoms with Crippen LogP contribution in [-0.4, -0.2) is 82.1 Å². The number of phenolic OH excluding ortho intramolecular Hbond substituents is 1. The zero-order chi connectivity index (χ0) is 33.8. The van der Waals surface area contributed by atoms with E-state index in [1.807, 2.05) is 6.07 Å².